The lowest BCUT2D eigenvalue weighted by molar-refractivity contribution is 0.260. The quantitative estimate of drug-likeness (QED) is 0.914. The van der Waals surface area contributed by atoms with Crippen LogP contribution in [0.1, 0.15) is 16.0 Å². The number of thiophene rings is 1. The fourth-order valence-corrected chi connectivity index (χ4v) is 2.55. The normalized spacial score (nSPS) is 10.5. The summed E-state index contributed by atoms with van der Waals surface area (Å²) in [7, 11) is 0. The Morgan fingerprint density at radius 3 is 2.76 bits per heavy atom. The fourth-order valence-electron chi connectivity index (χ4n) is 1.55. The minimum absolute atomic E-state index is 0.0117. The van der Waals surface area contributed by atoms with Gasteiger partial charge in [-0.3, -0.25) is 0 Å². The molecular weight excluding hydrogens is 256 g/mol. The van der Waals surface area contributed by atoms with E-state index in [-0.39, 0.29) is 6.61 Å². The maximum Gasteiger partial charge on any atom is 0.125 e. The molecule has 4 heteroatoms. The number of halogens is 1. The predicted octanol–water partition coefficient (Wildman–Crippen LogP) is 3.78. The summed E-state index contributed by atoms with van der Waals surface area (Å²) in [4.78, 5) is 1.07. The summed E-state index contributed by atoms with van der Waals surface area (Å²) in [5.74, 6) is 0.725. The molecule has 1 heterocycles. The molecule has 2 rings (SSSR count). The van der Waals surface area contributed by atoms with E-state index in [4.69, 9.17) is 16.3 Å². The van der Waals surface area contributed by atoms with Crippen LogP contribution in [0.15, 0.2) is 30.3 Å². The summed E-state index contributed by atoms with van der Waals surface area (Å²) in [6.07, 6.45) is 0. The van der Waals surface area contributed by atoms with Crippen molar-refractivity contribution < 1.29 is 9.84 Å². The SMILES string of the molecule is Cc1ccc(OCc2ccc(Cl)s2)c(CO)c1. The Balaban J connectivity index is 2.08. The van der Waals surface area contributed by atoms with Gasteiger partial charge in [-0.25, -0.2) is 0 Å². The third kappa shape index (κ3) is 3.22. The summed E-state index contributed by atoms with van der Waals surface area (Å²) in [5, 5.41) is 9.25. The van der Waals surface area contributed by atoms with E-state index < -0.39 is 0 Å². The van der Waals surface area contributed by atoms with Crippen LogP contribution in [0, 0.1) is 6.92 Å². The second-order valence-corrected chi connectivity index (χ2v) is 5.56. The molecule has 0 atom stereocenters. The first-order valence-electron chi connectivity index (χ1n) is 5.26. The Kier molecular flexibility index (Phi) is 4.05. The molecule has 17 heavy (non-hydrogen) atoms. The predicted molar refractivity (Wildman–Crippen MR) is 70.8 cm³/mol. The highest BCUT2D eigenvalue weighted by Crippen LogP contribution is 2.25. The van der Waals surface area contributed by atoms with Crippen molar-refractivity contribution in [3.63, 3.8) is 0 Å². The zero-order valence-electron chi connectivity index (χ0n) is 9.44. The molecule has 0 unspecified atom stereocenters. The molecule has 1 aromatic heterocycles. The minimum atomic E-state index is -0.0117. The third-order valence-electron chi connectivity index (χ3n) is 2.39. The molecule has 0 aliphatic heterocycles. The van der Waals surface area contributed by atoms with E-state index in [0.717, 1.165) is 26.1 Å². The third-order valence-corrected chi connectivity index (χ3v) is 3.59. The monoisotopic (exact) mass is 268 g/mol. The molecule has 1 aromatic carbocycles. The van der Waals surface area contributed by atoms with E-state index >= 15 is 0 Å². The molecule has 0 fully saturated rings. The summed E-state index contributed by atoms with van der Waals surface area (Å²) < 4.78 is 6.43. The van der Waals surface area contributed by atoms with Crippen molar-refractivity contribution in [3.05, 3.63) is 50.7 Å². The molecule has 0 saturated heterocycles. The van der Waals surface area contributed by atoms with Crippen molar-refractivity contribution in [2.75, 3.05) is 0 Å². The Morgan fingerprint density at radius 2 is 2.12 bits per heavy atom. The average molecular weight is 269 g/mol. The number of hydrogen-bond donors (Lipinski definition) is 1. The maximum atomic E-state index is 9.25. The standard InChI is InChI=1S/C13H13ClO2S/c1-9-2-4-12(10(6-9)7-15)16-8-11-3-5-13(14)17-11/h2-6,15H,7-8H2,1H3. The molecule has 0 aliphatic rings. The Bertz CT molecular complexity index is 508. The smallest absolute Gasteiger partial charge is 0.125 e. The molecule has 0 bridgehead atoms. The molecule has 0 radical (unpaired) electrons. The van der Waals surface area contributed by atoms with Gasteiger partial charge >= 0.3 is 0 Å². The van der Waals surface area contributed by atoms with E-state index in [2.05, 4.69) is 0 Å². The van der Waals surface area contributed by atoms with Gasteiger partial charge in [0.1, 0.15) is 12.4 Å². The van der Waals surface area contributed by atoms with Crippen LogP contribution in [0.3, 0.4) is 0 Å². The zero-order valence-corrected chi connectivity index (χ0v) is 11.0. The summed E-state index contributed by atoms with van der Waals surface area (Å²) in [5.41, 5.74) is 1.92. The van der Waals surface area contributed by atoms with Crippen molar-refractivity contribution in [1.29, 1.82) is 0 Å². The lowest BCUT2D eigenvalue weighted by Crippen LogP contribution is -1.97. The Morgan fingerprint density at radius 1 is 1.29 bits per heavy atom. The van der Waals surface area contributed by atoms with E-state index in [1.54, 1.807) is 0 Å². The van der Waals surface area contributed by atoms with Gasteiger partial charge in [-0.15, -0.1) is 11.3 Å². The second kappa shape index (κ2) is 5.54. The van der Waals surface area contributed by atoms with Crippen LogP contribution < -0.4 is 4.74 Å². The molecule has 0 aliphatic carbocycles. The molecule has 2 aromatic rings. The van der Waals surface area contributed by atoms with Gasteiger partial charge in [-0.1, -0.05) is 29.3 Å². The summed E-state index contributed by atoms with van der Waals surface area (Å²) >= 11 is 7.35. The number of ether oxygens (including phenoxy) is 1. The van der Waals surface area contributed by atoms with Gasteiger partial charge in [0.15, 0.2) is 0 Å². The molecular formula is C13H13ClO2S. The van der Waals surface area contributed by atoms with E-state index in [1.165, 1.54) is 11.3 Å². The molecule has 0 spiro atoms. The van der Waals surface area contributed by atoms with Crippen LogP contribution in [-0.4, -0.2) is 5.11 Å². The average Bonchev–Trinajstić information content (AvgIpc) is 2.73. The first kappa shape index (κ1) is 12.4. The summed E-state index contributed by atoms with van der Waals surface area (Å²) in [6.45, 7) is 2.46. The first-order chi connectivity index (χ1) is 8.19. The van der Waals surface area contributed by atoms with Gasteiger partial charge in [0, 0.05) is 10.4 Å². The number of aliphatic hydroxyl groups is 1. The van der Waals surface area contributed by atoms with Gasteiger partial charge < -0.3 is 9.84 Å². The van der Waals surface area contributed by atoms with E-state index in [0.29, 0.717) is 6.61 Å². The van der Waals surface area contributed by atoms with E-state index in [9.17, 15) is 5.11 Å². The lowest BCUT2D eigenvalue weighted by atomic mass is 10.1. The van der Waals surface area contributed by atoms with Crippen LogP contribution in [0.5, 0.6) is 5.75 Å². The van der Waals surface area contributed by atoms with Gasteiger partial charge in [0.2, 0.25) is 0 Å². The van der Waals surface area contributed by atoms with Crippen molar-refractivity contribution in [2.45, 2.75) is 20.1 Å². The zero-order chi connectivity index (χ0) is 12.3. The van der Waals surface area contributed by atoms with Crippen molar-refractivity contribution in [1.82, 2.24) is 0 Å². The minimum Gasteiger partial charge on any atom is -0.488 e. The molecule has 2 nitrogen and oxygen atoms in total. The van der Waals surface area contributed by atoms with Gasteiger partial charge in [0.25, 0.3) is 0 Å². The van der Waals surface area contributed by atoms with Crippen molar-refractivity contribution in [2.24, 2.45) is 0 Å². The highest BCUT2D eigenvalue weighted by atomic mass is 35.5. The number of aliphatic hydroxyl groups excluding tert-OH is 1. The Labute approximate surface area is 109 Å². The van der Waals surface area contributed by atoms with Crippen molar-refractivity contribution >= 4 is 22.9 Å². The fraction of sp³-hybridized carbons (Fsp3) is 0.231. The summed E-state index contributed by atoms with van der Waals surface area (Å²) in [6, 6.07) is 9.58. The maximum absolute atomic E-state index is 9.25. The first-order valence-corrected chi connectivity index (χ1v) is 6.46. The Hall–Kier alpha value is -1.03. The molecule has 0 amide bonds. The second-order valence-electron chi connectivity index (χ2n) is 3.76. The van der Waals surface area contributed by atoms with E-state index in [1.807, 2.05) is 37.3 Å². The number of aryl methyl sites for hydroxylation is 1. The molecule has 0 saturated carbocycles. The largest absolute Gasteiger partial charge is 0.488 e. The van der Waals surface area contributed by atoms with Crippen LogP contribution in [0.4, 0.5) is 0 Å². The highest BCUT2D eigenvalue weighted by molar-refractivity contribution is 7.16. The molecule has 1 N–H and O–H groups in total. The topological polar surface area (TPSA) is 29.5 Å². The number of benzene rings is 1. The van der Waals surface area contributed by atoms with Gasteiger partial charge in [0.05, 0.1) is 10.9 Å². The number of hydrogen-bond acceptors (Lipinski definition) is 3. The lowest BCUT2D eigenvalue weighted by Gasteiger charge is -2.09. The van der Waals surface area contributed by atoms with Crippen LogP contribution in [0.25, 0.3) is 0 Å². The highest BCUT2D eigenvalue weighted by Gasteiger charge is 2.04. The van der Waals surface area contributed by atoms with Crippen molar-refractivity contribution in [3.8, 4) is 5.75 Å². The van der Waals surface area contributed by atoms with Crippen LogP contribution in [-0.2, 0) is 13.2 Å². The molecule has 90 valence electrons. The van der Waals surface area contributed by atoms with Gasteiger partial charge in [-0.05, 0) is 25.1 Å². The van der Waals surface area contributed by atoms with Gasteiger partial charge in [-0.2, -0.15) is 0 Å². The van der Waals surface area contributed by atoms with Crippen LogP contribution in [0.2, 0.25) is 4.34 Å². The van der Waals surface area contributed by atoms with Crippen LogP contribution >= 0.6 is 22.9 Å². The number of rotatable bonds is 4.